The highest BCUT2D eigenvalue weighted by atomic mass is 19.4. The minimum atomic E-state index is -4.56. The third-order valence-corrected chi connectivity index (χ3v) is 5.28. The number of aryl methyl sites for hydroxylation is 1. The predicted molar refractivity (Wildman–Crippen MR) is 115 cm³/mol. The molecule has 164 valence electrons. The van der Waals surface area contributed by atoms with E-state index in [2.05, 4.69) is 11.9 Å². The zero-order valence-corrected chi connectivity index (χ0v) is 17.2. The maximum absolute atomic E-state index is 13.1. The number of hydrogen-bond acceptors (Lipinski definition) is 3. The summed E-state index contributed by atoms with van der Waals surface area (Å²) in [5, 5.41) is 9.70. The van der Waals surface area contributed by atoms with Gasteiger partial charge in [-0.15, -0.1) is 0 Å². The van der Waals surface area contributed by atoms with Crippen LogP contribution in [0, 0.1) is 0 Å². The highest BCUT2D eigenvalue weighted by Gasteiger charge is 2.31. The molecular formula is C25H20F3NO3. The first-order valence-corrected chi connectivity index (χ1v) is 10.2. The second-order valence-corrected chi connectivity index (χ2v) is 7.55. The molecule has 0 bridgehead atoms. The van der Waals surface area contributed by atoms with Gasteiger partial charge < -0.3 is 9.52 Å². The smallest absolute Gasteiger partial charge is 0.416 e. The Morgan fingerprint density at radius 1 is 1.00 bits per heavy atom. The Labute approximate surface area is 182 Å². The van der Waals surface area contributed by atoms with Gasteiger partial charge in [0.25, 0.3) is 0 Å². The van der Waals surface area contributed by atoms with Crippen molar-refractivity contribution in [2.75, 3.05) is 0 Å². The van der Waals surface area contributed by atoms with Gasteiger partial charge in [-0.1, -0.05) is 43.7 Å². The molecule has 0 radical (unpaired) electrons. The Bertz CT molecular complexity index is 1270. The molecule has 0 saturated carbocycles. The van der Waals surface area contributed by atoms with Crippen LogP contribution in [0.3, 0.4) is 0 Å². The molecule has 7 heteroatoms. The van der Waals surface area contributed by atoms with Crippen LogP contribution in [0.1, 0.15) is 41.3 Å². The van der Waals surface area contributed by atoms with E-state index in [1.165, 1.54) is 11.6 Å². The van der Waals surface area contributed by atoms with E-state index in [0.29, 0.717) is 5.76 Å². The van der Waals surface area contributed by atoms with Crippen molar-refractivity contribution in [1.29, 1.82) is 0 Å². The number of benzene rings is 2. The van der Waals surface area contributed by atoms with Crippen LogP contribution < -0.4 is 0 Å². The lowest BCUT2D eigenvalue weighted by molar-refractivity contribution is -0.137. The molecule has 0 spiro atoms. The number of alkyl halides is 3. The molecule has 4 nitrogen and oxygen atoms in total. The van der Waals surface area contributed by atoms with Gasteiger partial charge in [-0.2, -0.15) is 13.2 Å². The number of carbonyl (C=O) groups is 1. The van der Waals surface area contributed by atoms with Crippen molar-refractivity contribution in [3.63, 3.8) is 0 Å². The fraction of sp³-hybridized carbons (Fsp3) is 0.200. The van der Waals surface area contributed by atoms with Gasteiger partial charge in [0.2, 0.25) is 0 Å². The van der Waals surface area contributed by atoms with Gasteiger partial charge in [0.1, 0.15) is 11.5 Å². The minimum Gasteiger partial charge on any atom is -0.478 e. The summed E-state index contributed by atoms with van der Waals surface area (Å²) in [6.07, 6.45) is -1.33. The van der Waals surface area contributed by atoms with Crippen LogP contribution in [-0.4, -0.2) is 16.1 Å². The average Bonchev–Trinajstić information content (AvgIpc) is 3.26. The summed E-state index contributed by atoms with van der Waals surface area (Å²) in [6, 6.07) is 15.5. The van der Waals surface area contributed by atoms with Crippen LogP contribution >= 0.6 is 0 Å². The van der Waals surface area contributed by atoms with E-state index in [0.717, 1.165) is 43.0 Å². The first kappa shape index (κ1) is 21.6. The molecule has 1 N–H and O–H groups in total. The summed E-state index contributed by atoms with van der Waals surface area (Å²) in [4.78, 5) is 16.0. The Morgan fingerprint density at radius 2 is 1.72 bits per heavy atom. The van der Waals surface area contributed by atoms with Gasteiger partial charge in [0.05, 0.1) is 16.6 Å². The average molecular weight is 439 g/mol. The number of fused-ring (bicyclic) bond motifs is 1. The van der Waals surface area contributed by atoms with E-state index in [1.54, 1.807) is 12.1 Å². The maximum atomic E-state index is 13.1. The van der Waals surface area contributed by atoms with Crippen LogP contribution in [0.2, 0.25) is 0 Å². The molecule has 0 saturated heterocycles. The van der Waals surface area contributed by atoms with Crippen molar-refractivity contribution < 1.29 is 27.5 Å². The molecule has 2 heterocycles. The molecule has 32 heavy (non-hydrogen) atoms. The van der Waals surface area contributed by atoms with Crippen LogP contribution in [0.25, 0.3) is 33.7 Å². The first-order valence-electron chi connectivity index (χ1n) is 10.2. The van der Waals surface area contributed by atoms with E-state index in [9.17, 15) is 23.1 Å². The van der Waals surface area contributed by atoms with E-state index in [-0.39, 0.29) is 27.9 Å². The van der Waals surface area contributed by atoms with Crippen molar-refractivity contribution in [3.8, 4) is 22.8 Å². The highest BCUT2D eigenvalue weighted by Crippen LogP contribution is 2.34. The van der Waals surface area contributed by atoms with Crippen molar-refractivity contribution in [2.24, 2.45) is 0 Å². The van der Waals surface area contributed by atoms with E-state index >= 15 is 0 Å². The van der Waals surface area contributed by atoms with E-state index in [1.807, 2.05) is 24.3 Å². The normalized spacial score (nSPS) is 11.8. The third kappa shape index (κ3) is 4.37. The number of furan rings is 1. The first-order chi connectivity index (χ1) is 15.3. The van der Waals surface area contributed by atoms with E-state index in [4.69, 9.17) is 4.42 Å². The monoisotopic (exact) mass is 439 g/mol. The molecule has 2 aromatic heterocycles. The van der Waals surface area contributed by atoms with Gasteiger partial charge in [-0.25, -0.2) is 9.78 Å². The second-order valence-electron chi connectivity index (χ2n) is 7.55. The summed E-state index contributed by atoms with van der Waals surface area (Å²) in [6.45, 7) is 2.14. The molecule has 4 aromatic rings. The number of halogens is 3. The number of rotatable bonds is 6. The molecule has 0 atom stereocenters. The fourth-order valence-corrected chi connectivity index (χ4v) is 3.56. The third-order valence-electron chi connectivity index (χ3n) is 5.28. The lowest BCUT2D eigenvalue weighted by Crippen LogP contribution is -2.06. The van der Waals surface area contributed by atoms with Crippen LogP contribution in [-0.2, 0) is 12.6 Å². The molecule has 0 unspecified atom stereocenters. The number of carboxylic acids is 1. The Morgan fingerprint density at radius 3 is 2.38 bits per heavy atom. The Balaban J connectivity index is 1.73. The molecule has 4 rings (SSSR count). The topological polar surface area (TPSA) is 63.3 Å². The highest BCUT2D eigenvalue weighted by molar-refractivity contribution is 6.03. The lowest BCUT2D eigenvalue weighted by atomic mass is 10.0. The maximum Gasteiger partial charge on any atom is 0.416 e. The van der Waals surface area contributed by atoms with Gasteiger partial charge in [0, 0.05) is 10.9 Å². The van der Waals surface area contributed by atoms with Crippen LogP contribution in [0.15, 0.2) is 65.1 Å². The largest absolute Gasteiger partial charge is 0.478 e. The van der Waals surface area contributed by atoms with Crippen LogP contribution in [0.4, 0.5) is 13.2 Å². The van der Waals surface area contributed by atoms with Gasteiger partial charge >= 0.3 is 12.1 Å². The number of aromatic carboxylic acids is 1. The molecule has 0 amide bonds. The summed E-state index contributed by atoms with van der Waals surface area (Å²) in [5.41, 5.74) is 1.12. The zero-order valence-electron chi connectivity index (χ0n) is 17.2. The summed E-state index contributed by atoms with van der Waals surface area (Å²) >= 11 is 0. The summed E-state index contributed by atoms with van der Waals surface area (Å²) in [7, 11) is 0. The standard InChI is InChI=1S/C25H20F3NO3/c1-2-3-4-15-5-7-16(8-6-15)22-11-12-23(32-22)21-14-19(24(30)31)18-10-9-17(25(26,27)28)13-20(18)29-21/h5-14H,2-4H2,1H3,(H,30,31). The number of aromatic nitrogens is 1. The van der Waals surface area contributed by atoms with Crippen molar-refractivity contribution in [2.45, 2.75) is 32.4 Å². The molecule has 2 aromatic carbocycles. The minimum absolute atomic E-state index is 0.0621. The van der Waals surface area contributed by atoms with Crippen molar-refractivity contribution in [1.82, 2.24) is 4.98 Å². The lowest BCUT2D eigenvalue weighted by Gasteiger charge is -2.10. The fourth-order valence-electron chi connectivity index (χ4n) is 3.56. The molecule has 0 aliphatic heterocycles. The molecule has 0 fully saturated rings. The Hall–Kier alpha value is -3.61. The summed E-state index contributed by atoms with van der Waals surface area (Å²) < 4.78 is 45.3. The number of hydrogen-bond donors (Lipinski definition) is 1. The summed E-state index contributed by atoms with van der Waals surface area (Å²) in [5.74, 6) is -0.422. The second kappa shape index (κ2) is 8.49. The van der Waals surface area contributed by atoms with Gasteiger partial charge in [0.15, 0.2) is 5.76 Å². The van der Waals surface area contributed by atoms with E-state index < -0.39 is 17.7 Å². The number of unbranched alkanes of at least 4 members (excludes halogenated alkanes) is 1. The van der Waals surface area contributed by atoms with Gasteiger partial charge in [-0.3, -0.25) is 0 Å². The van der Waals surface area contributed by atoms with Crippen LogP contribution in [0.5, 0.6) is 0 Å². The number of pyridine rings is 1. The SMILES string of the molecule is CCCCc1ccc(-c2ccc(-c3cc(C(=O)O)c4ccc(C(F)(F)F)cc4n3)o2)cc1. The quantitative estimate of drug-likeness (QED) is 0.344. The molecule has 0 aliphatic carbocycles. The number of carboxylic acid groups (broad SMARTS) is 1. The zero-order chi connectivity index (χ0) is 22.9. The predicted octanol–water partition coefficient (Wildman–Crippen LogP) is 7.22. The number of nitrogens with zero attached hydrogens (tertiary/aromatic N) is 1. The van der Waals surface area contributed by atoms with Crippen molar-refractivity contribution >= 4 is 16.9 Å². The van der Waals surface area contributed by atoms with Gasteiger partial charge in [-0.05, 0) is 48.7 Å². The molecular weight excluding hydrogens is 419 g/mol. The van der Waals surface area contributed by atoms with Crippen molar-refractivity contribution in [3.05, 3.63) is 77.4 Å². The molecule has 0 aliphatic rings. The Kier molecular flexibility index (Phi) is 5.74.